The van der Waals surface area contributed by atoms with Crippen molar-refractivity contribution in [1.29, 1.82) is 0 Å². The van der Waals surface area contributed by atoms with E-state index < -0.39 is 50.6 Å². The standard InChI is InChI=1S/C13H26NO9P/c1-7(24(21,22-3)23-4)5-9(17)11(14-8(2)16)13(20)12(19)10(18)6-15/h9-13,15,17-20H,1,5-6H2,2-4H3,(H,14,16)/t9-,10-,11-,12-,13-/m1/s1. The number of carbonyl (C=O) groups is 1. The van der Waals surface area contributed by atoms with Gasteiger partial charge in [0.25, 0.3) is 0 Å². The lowest BCUT2D eigenvalue weighted by Gasteiger charge is -2.33. The maximum absolute atomic E-state index is 12.2. The summed E-state index contributed by atoms with van der Waals surface area (Å²) < 4.78 is 21.6. The highest BCUT2D eigenvalue weighted by molar-refractivity contribution is 7.58. The lowest BCUT2D eigenvalue weighted by Crippen LogP contribution is -2.57. The summed E-state index contributed by atoms with van der Waals surface area (Å²) in [5.74, 6) is -0.629. The molecule has 0 aromatic rings. The number of hydrogen-bond donors (Lipinski definition) is 6. The Morgan fingerprint density at radius 1 is 1.12 bits per heavy atom. The molecule has 0 heterocycles. The van der Waals surface area contributed by atoms with E-state index in [1.165, 1.54) is 0 Å². The van der Waals surface area contributed by atoms with Crippen LogP contribution in [0.2, 0.25) is 0 Å². The first-order valence-electron chi connectivity index (χ1n) is 7.04. The van der Waals surface area contributed by atoms with Crippen molar-refractivity contribution in [1.82, 2.24) is 5.32 Å². The molecule has 10 nitrogen and oxygen atoms in total. The van der Waals surface area contributed by atoms with Crippen LogP contribution in [0.25, 0.3) is 0 Å². The second kappa shape index (κ2) is 10.2. The zero-order valence-corrected chi connectivity index (χ0v) is 14.7. The summed E-state index contributed by atoms with van der Waals surface area (Å²) in [6.45, 7) is 3.79. The van der Waals surface area contributed by atoms with E-state index in [-0.39, 0.29) is 11.7 Å². The number of hydrogen-bond acceptors (Lipinski definition) is 9. The van der Waals surface area contributed by atoms with Crippen LogP contribution < -0.4 is 5.32 Å². The molecule has 0 fully saturated rings. The summed E-state index contributed by atoms with van der Waals surface area (Å²) in [6.07, 6.45) is -7.26. The van der Waals surface area contributed by atoms with Gasteiger partial charge in [0.2, 0.25) is 5.91 Å². The topological polar surface area (TPSA) is 166 Å². The molecular formula is C13H26NO9P. The van der Waals surface area contributed by atoms with E-state index in [2.05, 4.69) is 11.9 Å². The molecule has 0 aromatic carbocycles. The van der Waals surface area contributed by atoms with Crippen LogP contribution in [0.3, 0.4) is 0 Å². The predicted octanol–water partition coefficient (Wildman–Crippen LogP) is -1.68. The molecule has 0 saturated heterocycles. The van der Waals surface area contributed by atoms with Crippen molar-refractivity contribution >= 4 is 13.5 Å². The molecule has 0 bridgehead atoms. The van der Waals surface area contributed by atoms with Crippen molar-refractivity contribution in [3.8, 4) is 0 Å². The Balaban J connectivity index is 5.27. The van der Waals surface area contributed by atoms with E-state index in [0.717, 1.165) is 21.1 Å². The van der Waals surface area contributed by atoms with E-state index in [1.807, 2.05) is 0 Å². The van der Waals surface area contributed by atoms with E-state index in [4.69, 9.17) is 14.2 Å². The number of amides is 1. The Morgan fingerprint density at radius 3 is 2.00 bits per heavy atom. The van der Waals surface area contributed by atoms with Crippen molar-refractivity contribution in [3.63, 3.8) is 0 Å². The molecule has 0 rings (SSSR count). The van der Waals surface area contributed by atoms with Crippen LogP contribution in [0.4, 0.5) is 0 Å². The molecular weight excluding hydrogens is 345 g/mol. The summed E-state index contributed by atoms with van der Waals surface area (Å²) in [4.78, 5) is 11.3. The van der Waals surface area contributed by atoms with Crippen LogP contribution in [-0.2, 0) is 18.4 Å². The molecule has 1 amide bonds. The van der Waals surface area contributed by atoms with Crippen LogP contribution in [0.5, 0.6) is 0 Å². The van der Waals surface area contributed by atoms with Gasteiger partial charge in [-0.25, -0.2) is 0 Å². The maximum Gasteiger partial charge on any atom is 0.356 e. The van der Waals surface area contributed by atoms with Gasteiger partial charge in [-0.2, -0.15) is 0 Å². The van der Waals surface area contributed by atoms with E-state index >= 15 is 0 Å². The second-order valence-corrected chi connectivity index (χ2v) is 7.52. The minimum Gasteiger partial charge on any atom is -0.394 e. The Hall–Kier alpha value is -0.840. The summed E-state index contributed by atoms with van der Waals surface area (Å²) in [5.41, 5.74) is 0. The normalized spacial score (nSPS) is 18.3. The summed E-state index contributed by atoms with van der Waals surface area (Å²) in [5, 5.41) is 50.4. The molecule has 6 N–H and O–H groups in total. The lowest BCUT2D eigenvalue weighted by molar-refractivity contribution is -0.127. The molecule has 0 radical (unpaired) electrons. The maximum atomic E-state index is 12.2. The summed E-state index contributed by atoms with van der Waals surface area (Å²) in [7, 11) is -1.42. The number of rotatable bonds is 11. The molecule has 0 spiro atoms. The minimum atomic E-state index is -3.68. The molecule has 142 valence electrons. The third kappa shape index (κ3) is 6.23. The van der Waals surface area contributed by atoms with Gasteiger partial charge in [-0.3, -0.25) is 9.36 Å². The van der Waals surface area contributed by atoms with Gasteiger partial charge in [0.05, 0.1) is 18.8 Å². The zero-order chi connectivity index (χ0) is 19.1. The van der Waals surface area contributed by atoms with Gasteiger partial charge < -0.3 is 39.9 Å². The van der Waals surface area contributed by atoms with Gasteiger partial charge in [-0.05, 0) is 0 Å². The van der Waals surface area contributed by atoms with Crippen molar-refractivity contribution in [2.24, 2.45) is 0 Å². The monoisotopic (exact) mass is 371 g/mol. The first kappa shape index (κ1) is 23.2. The fourth-order valence-corrected chi connectivity index (χ4v) is 3.08. The fourth-order valence-electron chi connectivity index (χ4n) is 2.00. The molecule has 5 atom stereocenters. The Labute approximate surface area is 140 Å². The SMILES string of the molecule is C=C(C[C@@H](O)[C@@H](NC(C)=O)[C@@H](O)[C@H](O)[C@H](O)CO)P(=O)(OC)OC. The third-order valence-corrected chi connectivity index (χ3v) is 5.31. The first-order valence-corrected chi connectivity index (χ1v) is 8.58. The Bertz CT molecular complexity index is 464. The Kier molecular flexibility index (Phi) is 9.86. The highest BCUT2D eigenvalue weighted by Gasteiger charge is 2.38. The molecule has 0 aliphatic heterocycles. The third-order valence-electron chi connectivity index (χ3n) is 3.40. The smallest absolute Gasteiger partial charge is 0.356 e. The summed E-state index contributed by atoms with van der Waals surface area (Å²) in [6, 6.07) is -1.43. The van der Waals surface area contributed by atoms with Crippen LogP contribution >= 0.6 is 7.60 Å². The zero-order valence-electron chi connectivity index (χ0n) is 13.8. The average Bonchev–Trinajstić information content (AvgIpc) is 2.56. The Morgan fingerprint density at radius 2 is 1.62 bits per heavy atom. The average molecular weight is 371 g/mol. The van der Waals surface area contributed by atoms with Gasteiger partial charge in [0.15, 0.2) is 0 Å². The molecule has 0 aliphatic rings. The highest BCUT2D eigenvalue weighted by atomic mass is 31.2. The van der Waals surface area contributed by atoms with Crippen LogP contribution in [-0.4, -0.2) is 82.7 Å². The van der Waals surface area contributed by atoms with Crippen molar-refractivity contribution in [3.05, 3.63) is 11.9 Å². The second-order valence-electron chi connectivity index (χ2n) is 5.16. The summed E-state index contributed by atoms with van der Waals surface area (Å²) >= 11 is 0. The van der Waals surface area contributed by atoms with Crippen LogP contribution in [0.1, 0.15) is 13.3 Å². The molecule has 24 heavy (non-hydrogen) atoms. The van der Waals surface area contributed by atoms with E-state index in [9.17, 15) is 29.8 Å². The van der Waals surface area contributed by atoms with Crippen LogP contribution in [0, 0.1) is 0 Å². The van der Waals surface area contributed by atoms with Crippen molar-refractivity contribution < 1.29 is 43.9 Å². The van der Waals surface area contributed by atoms with E-state index in [1.54, 1.807) is 0 Å². The lowest BCUT2D eigenvalue weighted by atomic mass is 9.95. The van der Waals surface area contributed by atoms with E-state index in [0.29, 0.717) is 0 Å². The molecule has 11 heteroatoms. The first-order chi connectivity index (χ1) is 11.0. The van der Waals surface area contributed by atoms with Crippen LogP contribution in [0.15, 0.2) is 11.9 Å². The van der Waals surface area contributed by atoms with Gasteiger partial charge in [0.1, 0.15) is 18.3 Å². The predicted molar refractivity (Wildman–Crippen MR) is 84.1 cm³/mol. The van der Waals surface area contributed by atoms with Crippen molar-refractivity contribution in [2.75, 3.05) is 20.8 Å². The number of nitrogens with one attached hydrogen (secondary N) is 1. The largest absolute Gasteiger partial charge is 0.394 e. The molecule has 0 aromatic heterocycles. The number of aliphatic hydroxyl groups excluding tert-OH is 5. The van der Waals surface area contributed by atoms with Crippen molar-refractivity contribution in [2.45, 2.75) is 43.8 Å². The number of aliphatic hydroxyl groups is 5. The van der Waals surface area contributed by atoms with Gasteiger partial charge >= 0.3 is 7.60 Å². The molecule has 0 saturated carbocycles. The molecule has 0 aliphatic carbocycles. The van der Waals surface area contributed by atoms with Gasteiger partial charge in [-0.1, -0.05) is 6.58 Å². The van der Waals surface area contributed by atoms with Gasteiger partial charge in [-0.15, -0.1) is 0 Å². The minimum absolute atomic E-state index is 0.111. The fraction of sp³-hybridized carbons (Fsp3) is 0.769. The highest BCUT2D eigenvalue weighted by Crippen LogP contribution is 2.55. The van der Waals surface area contributed by atoms with Gasteiger partial charge in [0, 0.05) is 32.9 Å². The number of carbonyl (C=O) groups excluding carboxylic acids is 1. The molecule has 0 unspecified atom stereocenters. The quantitative estimate of drug-likeness (QED) is 0.232.